The van der Waals surface area contributed by atoms with Gasteiger partial charge in [-0.15, -0.1) is 0 Å². The maximum absolute atomic E-state index is 12.2. The van der Waals surface area contributed by atoms with Crippen molar-refractivity contribution in [3.63, 3.8) is 0 Å². The van der Waals surface area contributed by atoms with Crippen LogP contribution in [0.4, 0.5) is 0 Å². The van der Waals surface area contributed by atoms with Crippen LogP contribution in [0.1, 0.15) is 303 Å². The standard InChI is InChI=1S/C58H112NO8P/c1-3-5-7-9-11-13-15-17-19-21-23-25-27-29-30-32-34-36-38-40-42-44-46-48-50-57(61)59-52-53-66-68(63,64)67-55-56(60)54-65-58(62)51-49-47-45-43-41-39-37-35-33-31-28-26-24-22-20-18-16-14-12-10-8-6-4-2/h12,14,18,20,56,60H,3-11,13,15-17,19,21-55H2,1-2H3,(H,59,61)(H,63,64)/b14-12-,20-18-. The Balaban J connectivity index is 3.48. The number of carbonyl (C=O) groups is 2. The van der Waals surface area contributed by atoms with Gasteiger partial charge in [0.05, 0.1) is 13.2 Å². The first-order valence-electron chi connectivity index (χ1n) is 29.3. The third-order valence-electron chi connectivity index (χ3n) is 13.1. The molecular weight excluding hydrogens is 870 g/mol. The zero-order valence-corrected chi connectivity index (χ0v) is 45.7. The molecule has 0 aliphatic carbocycles. The predicted molar refractivity (Wildman–Crippen MR) is 289 cm³/mol. The Hall–Kier alpha value is -1.51. The molecule has 9 nitrogen and oxygen atoms in total. The van der Waals surface area contributed by atoms with Gasteiger partial charge in [0.15, 0.2) is 0 Å². The molecule has 0 aromatic carbocycles. The van der Waals surface area contributed by atoms with E-state index in [4.69, 9.17) is 13.8 Å². The number of unbranched alkanes of at least 4 members (excludes halogenated alkanes) is 39. The van der Waals surface area contributed by atoms with Crippen LogP contribution in [0.2, 0.25) is 0 Å². The molecule has 0 rings (SSSR count). The van der Waals surface area contributed by atoms with E-state index in [1.807, 2.05) is 0 Å². The molecule has 2 atom stereocenters. The lowest BCUT2D eigenvalue weighted by Gasteiger charge is -2.15. The van der Waals surface area contributed by atoms with E-state index in [-0.39, 0.29) is 32.1 Å². The van der Waals surface area contributed by atoms with Gasteiger partial charge in [0, 0.05) is 19.4 Å². The minimum absolute atomic E-state index is 0.0866. The topological polar surface area (TPSA) is 131 Å². The number of phosphoric acid groups is 1. The van der Waals surface area contributed by atoms with Crippen molar-refractivity contribution in [2.75, 3.05) is 26.4 Å². The van der Waals surface area contributed by atoms with Gasteiger partial charge >= 0.3 is 13.8 Å². The van der Waals surface area contributed by atoms with E-state index in [1.165, 1.54) is 231 Å². The lowest BCUT2D eigenvalue weighted by Crippen LogP contribution is -2.27. The molecule has 0 spiro atoms. The minimum Gasteiger partial charge on any atom is -0.463 e. The van der Waals surface area contributed by atoms with E-state index in [0.717, 1.165) is 44.9 Å². The molecule has 0 bridgehead atoms. The summed E-state index contributed by atoms with van der Waals surface area (Å²) >= 11 is 0. The van der Waals surface area contributed by atoms with Gasteiger partial charge in [-0.2, -0.15) is 0 Å². The van der Waals surface area contributed by atoms with Gasteiger partial charge in [0.2, 0.25) is 5.91 Å². The summed E-state index contributed by atoms with van der Waals surface area (Å²) in [6, 6.07) is 0. The fourth-order valence-corrected chi connectivity index (χ4v) is 9.47. The Morgan fingerprint density at radius 1 is 0.456 bits per heavy atom. The minimum atomic E-state index is -4.42. The number of amides is 1. The van der Waals surface area contributed by atoms with Crippen molar-refractivity contribution in [1.29, 1.82) is 0 Å². The summed E-state index contributed by atoms with van der Waals surface area (Å²) < 4.78 is 27.1. The van der Waals surface area contributed by atoms with Crippen LogP contribution in [0.3, 0.4) is 0 Å². The van der Waals surface area contributed by atoms with E-state index in [2.05, 4.69) is 43.5 Å². The Morgan fingerprint density at radius 2 is 0.794 bits per heavy atom. The molecule has 0 saturated carbocycles. The highest BCUT2D eigenvalue weighted by Gasteiger charge is 2.23. The SMILES string of the molecule is CCCCC/C=C\C/C=C\CCCCCCCCCCCCCCCC(=O)OCC(O)COP(=O)(O)OCCNC(=O)CCCCCCCCCCCCCCCCCCCCCCCCCC. The molecular formula is C58H112NO8P. The molecule has 10 heteroatoms. The third kappa shape index (κ3) is 55.4. The second-order valence-corrected chi connectivity index (χ2v) is 21.4. The van der Waals surface area contributed by atoms with Crippen LogP contribution in [0.15, 0.2) is 24.3 Å². The van der Waals surface area contributed by atoms with Gasteiger partial charge in [-0.05, 0) is 44.9 Å². The smallest absolute Gasteiger partial charge is 0.463 e. The molecule has 2 unspecified atom stereocenters. The van der Waals surface area contributed by atoms with E-state index in [0.29, 0.717) is 6.42 Å². The van der Waals surface area contributed by atoms with Gasteiger partial charge in [-0.25, -0.2) is 4.57 Å². The summed E-state index contributed by atoms with van der Waals surface area (Å²) in [5.74, 6) is -0.501. The highest BCUT2D eigenvalue weighted by molar-refractivity contribution is 7.47. The highest BCUT2D eigenvalue weighted by atomic mass is 31.2. The fourth-order valence-electron chi connectivity index (χ4n) is 8.71. The van der Waals surface area contributed by atoms with Crippen LogP contribution in [0.5, 0.6) is 0 Å². The molecule has 402 valence electrons. The number of allylic oxidation sites excluding steroid dienone is 4. The van der Waals surface area contributed by atoms with Gasteiger partial charge in [0.1, 0.15) is 12.7 Å². The summed E-state index contributed by atoms with van der Waals surface area (Å²) in [7, 11) is -4.42. The monoisotopic (exact) mass is 982 g/mol. The second-order valence-electron chi connectivity index (χ2n) is 20.0. The highest BCUT2D eigenvalue weighted by Crippen LogP contribution is 2.43. The quantitative estimate of drug-likeness (QED) is 0.0238. The first-order valence-corrected chi connectivity index (χ1v) is 30.8. The van der Waals surface area contributed by atoms with Crippen molar-refractivity contribution in [1.82, 2.24) is 5.32 Å². The number of hydrogen-bond donors (Lipinski definition) is 3. The van der Waals surface area contributed by atoms with Crippen LogP contribution in [0.25, 0.3) is 0 Å². The zero-order valence-electron chi connectivity index (χ0n) is 44.8. The van der Waals surface area contributed by atoms with E-state index in [1.54, 1.807) is 0 Å². The van der Waals surface area contributed by atoms with E-state index in [9.17, 15) is 24.2 Å². The van der Waals surface area contributed by atoms with Crippen molar-refractivity contribution >= 4 is 19.7 Å². The van der Waals surface area contributed by atoms with Crippen molar-refractivity contribution in [2.45, 2.75) is 309 Å². The number of hydrogen-bond acceptors (Lipinski definition) is 7. The number of nitrogens with one attached hydrogen (secondary N) is 1. The Morgan fingerprint density at radius 3 is 1.21 bits per heavy atom. The molecule has 0 aromatic heterocycles. The number of carbonyl (C=O) groups excluding carboxylic acids is 2. The maximum atomic E-state index is 12.2. The normalized spacial score (nSPS) is 13.2. The molecule has 0 fully saturated rings. The van der Waals surface area contributed by atoms with Crippen LogP contribution < -0.4 is 5.32 Å². The van der Waals surface area contributed by atoms with Crippen molar-refractivity contribution in [3.8, 4) is 0 Å². The number of aliphatic hydroxyl groups is 1. The van der Waals surface area contributed by atoms with Crippen molar-refractivity contribution in [3.05, 3.63) is 24.3 Å². The van der Waals surface area contributed by atoms with E-state index >= 15 is 0 Å². The Kier molecular flexibility index (Phi) is 53.6. The summed E-state index contributed by atoms with van der Waals surface area (Å²) in [5, 5.41) is 12.8. The summed E-state index contributed by atoms with van der Waals surface area (Å²) in [5.41, 5.74) is 0. The molecule has 0 radical (unpaired) electrons. The summed E-state index contributed by atoms with van der Waals surface area (Å²) in [4.78, 5) is 34.2. The summed E-state index contributed by atoms with van der Waals surface area (Å²) in [6.07, 6.45) is 64.2. The van der Waals surface area contributed by atoms with E-state index < -0.39 is 26.5 Å². The fraction of sp³-hybridized carbons (Fsp3) is 0.897. The molecule has 0 heterocycles. The zero-order chi connectivity index (χ0) is 49.5. The second kappa shape index (κ2) is 54.8. The number of esters is 1. The Labute approximate surface area is 421 Å². The lowest BCUT2D eigenvalue weighted by atomic mass is 10.0. The molecule has 3 N–H and O–H groups in total. The molecule has 0 saturated heterocycles. The van der Waals surface area contributed by atoms with Crippen molar-refractivity contribution in [2.24, 2.45) is 0 Å². The predicted octanol–water partition coefficient (Wildman–Crippen LogP) is 17.8. The average Bonchev–Trinajstić information content (AvgIpc) is 3.33. The van der Waals surface area contributed by atoms with Gasteiger partial charge in [-0.1, -0.05) is 269 Å². The first-order chi connectivity index (χ1) is 33.3. The molecule has 0 aromatic rings. The number of ether oxygens (including phenoxy) is 1. The maximum Gasteiger partial charge on any atom is 0.472 e. The lowest BCUT2D eigenvalue weighted by molar-refractivity contribution is -0.147. The largest absolute Gasteiger partial charge is 0.472 e. The van der Waals surface area contributed by atoms with Crippen LogP contribution in [-0.2, 0) is 27.9 Å². The van der Waals surface area contributed by atoms with Gasteiger partial charge < -0.3 is 20.1 Å². The van der Waals surface area contributed by atoms with Crippen LogP contribution >= 0.6 is 7.82 Å². The summed E-state index contributed by atoms with van der Waals surface area (Å²) in [6.45, 7) is 3.60. The first kappa shape index (κ1) is 66.5. The molecule has 0 aliphatic heterocycles. The molecule has 1 amide bonds. The number of rotatable bonds is 56. The van der Waals surface area contributed by atoms with Crippen molar-refractivity contribution < 1.29 is 37.9 Å². The van der Waals surface area contributed by atoms with Gasteiger partial charge in [0.25, 0.3) is 0 Å². The molecule has 68 heavy (non-hydrogen) atoms. The number of phosphoric ester groups is 1. The van der Waals surface area contributed by atoms with Crippen LogP contribution in [0, 0.1) is 0 Å². The Bertz CT molecular complexity index is 1170. The average molecular weight is 983 g/mol. The molecule has 0 aliphatic rings. The van der Waals surface area contributed by atoms with Gasteiger partial charge in [-0.3, -0.25) is 18.6 Å². The third-order valence-corrected chi connectivity index (χ3v) is 14.1. The number of aliphatic hydroxyl groups excluding tert-OH is 1. The van der Waals surface area contributed by atoms with Crippen LogP contribution in [-0.4, -0.2) is 54.3 Å².